The highest BCUT2D eigenvalue weighted by Gasteiger charge is 2.05. The fourth-order valence-corrected chi connectivity index (χ4v) is 1.00. The molecule has 0 bridgehead atoms. The molecule has 0 radical (unpaired) electrons. The minimum Gasteiger partial charge on any atom is -0.468 e. The molecule has 6 heteroatoms. The summed E-state index contributed by atoms with van der Waals surface area (Å²) >= 11 is 0. The lowest BCUT2D eigenvalue weighted by Crippen LogP contribution is -2.08. The van der Waals surface area contributed by atoms with Gasteiger partial charge in [-0.1, -0.05) is 0 Å². The maximum absolute atomic E-state index is 10.7. The number of nitrogens with zero attached hydrogens (tertiary/aromatic N) is 1. The summed E-state index contributed by atoms with van der Waals surface area (Å²) in [5, 5.41) is 8.99. The van der Waals surface area contributed by atoms with Crippen molar-refractivity contribution in [2.45, 2.75) is 13.3 Å². The molecule has 6 nitrogen and oxygen atoms in total. The second kappa shape index (κ2) is 5.00. The number of rotatable bonds is 5. The van der Waals surface area contributed by atoms with E-state index in [-0.39, 0.29) is 12.5 Å². The highest BCUT2D eigenvalue weighted by atomic mass is 16.5. The van der Waals surface area contributed by atoms with Gasteiger partial charge in [-0.25, -0.2) is 0 Å². The van der Waals surface area contributed by atoms with Gasteiger partial charge < -0.3 is 10.1 Å². The summed E-state index contributed by atoms with van der Waals surface area (Å²) in [5.41, 5.74) is 0.807. The Hall–Kier alpha value is -1.85. The third-order valence-electron chi connectivity index (χ3n) is 1.58. The predicted octanol–water partition coefficient (Wildman–Crippen LogP) is 0.0836. The fourth-order valence-electron chi connectivity index (χ4n) is 1.00. The smallest absolute Gasteiger partial charge is 0.293 e. The zero-order chi connectivity index (χ0) is 10.4. The number of H-pyrrole nitrogens is 1. The number of amides is 1. The van der Waals surface area contributed by atoms with E-state index in [0.717, 1.165) is 5.56 Å². The number of hydrogen-bond acceptors (Lipinski definition) is 4. The molecule has 0 unspecified atom stereocenters. The van der Waals surface area contributed by atoms with Crippen molar-refractivity contribution in [3.63, 3.8) is 0 Å². The highest BCUT2D eigenvalue weighted by Crippen LogP contribution is 2.11. The van der Waals surface area contributed by atoms with E-state index in [2.05, 4.69) is 20.3 Å². The third kappa shape index (κ3) is 2.89. The molecule has 76 valence electrons. The molecule has 1 amide bonds. The third-order valence-corrected chi connectivity index (χ3v) is 1.58. The second-order valence-corrected chi connectivity index (χ2v) is 2.67. The first-order valence-electron chi connectivity index (χ1n) is 4.09. The Bertz CT molecular complexity index is 321. The lowest BCUT2D eigenvalue weighted by atomic mass is 10.2. The molecular weight excluding hydrogens is 186 g/mol. The van der Waals surface area contributed by atoms with Crippen molar-refractivity contribution in [3.8, 4) is 0 Å². The van der Waals surface area contributed by atoms with E-state index >= 15 is 0 Å². The number of anilines is 1. The number of carbonyl (C=O) groups excluding carboxylic acids is 2. The van der Waals surface area contributed by atoms with Crippen molar-refractivity contribution >= 4 is 18.2 Å². The van der Waals surface area contributed by atoms with Gasteiger partial charge in [0, 0.05) is 18.9 Å². The minimum atomic E-state index is -0.174. The van der Waals surface area contributed by atoms with Crippen molar-refractivity contribution in [1.29, 1.82) is 0 Å². The van der Waals surface area contributed by atoms with Gasteiger partial charge in [0.15, 0.2) is 0 Å². The van der Waals surface area contributed by atoms with E-state index in [0.29, 0.717) is 18.7 Å². The summed E-state index contributed by atoms with van der Waals surface area (Å²) in [6.07, 6.45) is 2.10. The van der Waals surface area contributed by atoms with Crippen LogP contribution in [0.3, 0.4) is 0 Å². The summed E-state index contributed by atoms with van der Waals surface area (Å²) in [5.74, 6) is 0.374. The Balaban J connectivity index is 2.53. The number of nitrogens with one attached hydrogen (secondary N) is 2. The summed E-state index contributed by atoms with van der Waals surface area (Å²) in [6, 6.07) is 0. The molecule has 0 atom stereocenters. The molecule has 0 spiro atoms. The molecule has 0 aliphatic carbocycles. The summed E-state index contributed by atoms with van der Waals surface area (Å²) in [7, 11) is 0. The molecule has 1 aromatic rings. The maximum Gasteiger partial charge on any atom is 0.293 e. The van der Waals surface area contributed by atoms with Crippen LogP contribution in [0.5, 0.6) is 0 Å². The topological polar surface area (TPSA) is 84.1 Å². The van der Waals surface area contributed by atoms with E-state index < -0.39 is 0 Å². The molecule has 2 N–H and O–H groups in total. The molecule has 0 saturated heterocycles. The molecule has 1 rings (SSSR count). The molecule has 1 heterocycles. The lowest BCUT2D eigenvalue weighted by Gasteiger charge is -2.01. The van der Waals surface area contributed by atoms with Crippen LogP contribution < -0.4 is 5.32 Å². The first kappa shape index (κ1) is 10.2. The Morgan fingerprint density at radius 2 is 2.57 bits per heavy atom. The van der Waals surface area contributed by atoms with Gasteiger partial charge in [0.05, 0.1) is 12.8 Å². The van der Waals surface area contributed by atoms with E-state index in [1.165, 1.54) is 6.92 Å². The minimum absolute atomic E-state index is 0.174. The summed E-state index contributed by atoms with van der Waals surface area (Å²) < 4.78 is 4.53. The molecule has 0 aliphatic rings. The molecule has 0 saturated carbocycles. The normalized spacial score (nSPS) is 9.50. The van der Waals surface area contributed by atoms with E-state index in [1.54, 1.807) is 6.20 Å². The molecule has 14 heavy (non-hydrogen) atoms. The van der Waals surface area contributed by atoms with Crippen molar-refractivity contribution in [2.24, 2.45) is 0 Å². The molecular formula is C8H11N3O3. The van der Waals surface area contributed by atoms with Crippen LogP contribution in [0.15, 0.2) is 6.20 Å². The molecule has 0 aromatic carbocycles. The zero-order valence-corrected chi connectivity index (χ0v) is 7.74. The Morgan fingerprint density at radius 3 is 3.21 bits per heavy atom. The Kier molecular flexibility index (Phi) is 3.66. The zero-order valence-electron chi connectivity index (χ0n) is 7.74. The monoisotopic (exact) mass is 197 g/mol. The number of carbonyl (C=O) groups is 2. The predicted molar refractivity (Wildman–Crippen MR) is 48.6 cm³/mol. The highest BCUT2D eigenvalue weighted by molar-refractivity contribution is 5.88. The Labute approximate surface area is 80.6 Å². The van der Waals surface area contributed by atoms with Gasteiger partial charge in [-0.3, -0.25) is 14.7 Å². The van der Waals surface area contributed by atoms with Crippen molar-refractivity contribution in [1.82, 2.24) is 10.2 Å². The standard InChI is InChI=1S/C8H11N3O3/c1-6(13)10-8-7(4-9-11-8)2-3-14-5-12/h4-5H,2-3H2,1H3,(H2,9,10,11,13). The van der Waals surface area contributed by atoms with Gasteiger partial charge in [-0.15, -0.1) is 0 Å². The fraction of sp³-hybridized carbons (Fsp3) is 0.375. The first-order valence-corrected chi connectivity index (χ1v) is 4.09. The Morgan fingerprint density at radius 1 is 1.79 bits per heavy atom. The molecule has 0 fully saturated rings. The van der Waals surface area contributed by atoms with Crippen molar-refractivity contribution < 1.29 is 14.3 Å². The van der Waals surface area contributed by atoms with Crippen LogP contribution in [0.2, 0.25) is 0 Å². The largest absolute Gasteiger partial charge is 0.468 e. The summed E-state index contributed by atoms with van der Waals surface area (Å²) in [6.45, 7) is 2.07. The van der Waals surface area contributed by atoms with Gasteiger partial charge in [0.2, 0.25) is 5.91 Å². The number of hydrogen-bond donors (Lipinski definition) is 2. The van der Waals surface area contributed by atoms with Gasteiger partial charge in [0.1, 0.15) is 5.82 Å². The SMILES string of the molecule is CC(=O)Nc1[nH]ncc1CCOC=O. The molecule has 0 aliphatic heterocycles. The van der Waals surface area contributed by atoms with Gasteiger partial charge in [0.25, 0.3) is 6.47 Å². The van der Waals surface area contributed by atoms with E-state index in [1.807, 2.05) is 0 Å². The maximum atomic E-state index is 10.7. The number of aromatic amines is 1. The van der Waals surface area contributed by atoms with Crippen LogP contribution in [0.4, 0.5) is 5.82 Å². The van der Waals surface area contributed by atoms with E-state index in [4.69, 9.17) is 0 Å². The molecule has 1 aromatic heterocycles. The number of aromatic nitrogens is 2. The number of ether oxygens (including phenoxy) is 1. The summed E-state index contributed by atoms with van der Waals surface area (Å²) in [4.78, 5) is 20.6. The second-order valence-electron chi connectivity index (χ2n) is 2.67. The van der Waals surface area contributed by atoms with Gasteiger partial charge >= 0.3 is 0 Å². The first-order chi connectivity index (χ1) is 6.74. The average Bonchev–Trinajstić information content (AvgIpc) is 2.52. The van der Waals surface area contributed by atoms with Crippen LogP contribution in [-0.2, 0) is 20.7 Å². The van der Waals surface area contributed by atoms with E-state index in [9.17, 15) is 9.59 Å². The van der Waals surface area contributed by atoms with Crippen LogP contribution >= 0.6 is 0 Å². The van der Waals surface area contributed by atoms with Crippen molar-refractivity contribution in [2.75, 3.05) is 11.9 Å². The van der Waals surface area contributed by atoms with Crippen LogP contribution in [0.1, 0.15) is 12.5 Å². The lowest BCUT2D eigenvalue weighted by molar-refractivity contribution is -0.128. The van der Waals surface area contributed by atoms with Crippen LogP contribution in [0.25, 0.3) is 0 Å². The van der Waals surface area contributed by atoms with Crippen LogP contribution in [-0.4, -0.2) is 29.2 Å². The average molecular weight is 197 g/mol. The van der Waals surface area contributed by atoms with Crippen molar-refractivity contribution in [3.05, 3.63) is 11.8 Å². The quantitative estimate of drug-likeness (QED) is 0.517. The van der Waals surface area contributed by atoms with Crippen LogP contribution in [0, 0.1) is 0 Å². The van der Waals surface area contributed by atoms with Gasteiger partial charge in [-0.2, -0.15) is 5.10 Å². The van der Waals surface area contributed by atoms with Gasteiger partial charge in [-0.05, 0) is 0 Å².